The van der Waals surface area contributed by atoms with Crippen molar-refractivity contribution in [3.8, 4) is 11.5 Å². The summed E-state index contributed by atoms with van der Waals surface area (Å²) in [6, 6.07) is 7.41. The van der Waals surface area contributed by atoms with E-state index in [4.69, 9.17) is 11.5 Å². The number of primary amides is 1. The van der Waals surface area contributed by atoms with Gasteiger partial charge in [-0.15, -0.1) is 0 Å². The quantitative estimate of drug-likeness (QED) is 0.165. The van der Waals surface area contributed by atoms with Crippen LogP contribution in [0.5, 0.6) is 11.5 Å². The molecule has 13 nitrogen and oxygen atoms in total. The average molecular weight is 570 g/mol. The zero-order valence-corrected chi connectivity index (χ0v) is 22.4. The molecule has 4 atom stereocenters. The van der Waals surface area contributed by atoms with Gasteiger partial charge in [0.1, 0.15) is 29.6 Å². The van der Waals surface area contributed by atoms with E-state index in [2.05, 4.69) is 10.6 Å². The lowest BCUT2D eigenvalue weighted by Crippen LogP contribution is -2.58. The van der Waals surface area contributed by atoms with Crippen molar-refractivity contribution in [3.05, 3.63) is 59.7 Å². The highest BCUT2D eigenvalue weighted by atomic mass is 16.4. The second-order valence-electron chi connectivity index (χ2n) is 10.0. The molecule has 0 saturated carbocycles. The maximum Gasteiger partial charge on any atom is 0.326 e. The number of hydrogen-bond donors (Lipinski definition) is 7. The monoisotopic (exact) mass is 569 g/mol. The van der Waals surface area contributed by atoms with Gasteiger partial charge in [0, 0.05) is 25.8 Å². The second kappa shape index (κ2) is 14.1. The largest absolute Gasteiger partial charge is 0.508 e. The first kappa shape index (κ1) is 30.9. The summed E-state index contributed by atoms with van der Waals surface area (Å²) in [5, 5.41) is 34.1. The molecule has 1 heterocycles. The number of aliphatic carboxylic acids is 1. The summed E-state index contributed by atoms with van der Waals surface area (Å²) in [4.78, 5) is 64.1. The van der Waals surface area contributed by atoms with Crippen LogP contribution in [-0.4, -0.2) is 80.5 Å². The Bertz CT molecular complexity index is 1250. The number of nitrogens with zero attached hydrogens (tertiary/aromatic N) is 1. The molecule has 220 valence electrons. The minimum atomic E-state index is -1.21. The van der Waals surface area contributed by atoms with E-state index in [9.17, 15) is 39.3 Å². The highest BCUT2D eigenvalue weighted by Gasteiger charge is 2.38. The van der Waals surface area contributed by atoms with Crippen molar-refractivity contribution in [2.24, 2.45) is 11.5 Å². The SMILES string of the molecule is NC(=O)CCC(N)C(=O)NC(Cc1ccc(O)cc1)C(=O)NC(Cc1ccc(O)cc1)C(=O)N1CCCC1C(=O)O. The van der Waals surface area contributed by atoms with Crippen LogP contribution < -0.4 is 22.1 Å². The molecule has 2 aromatic carbocycles. The van der Waals surface area contributed by atoms with Crippen LogP contribution in [0.1, 0.15) is 36.8 Å². The molecular formula is C28H35N5O8. The Morgan fingerprint density at radius 2 is 1.37 bits per heavy atom. The van der Waals surface area contributed by atoms with E-state index in [-0.39, 0.29) is 50.1 Å². The Morgan fingerprint density at radius 3 is 1.88 bits per heavy atom. The summed E-state index contributed by atoms with van der Waals surface area (Å²) in [6.07, 6.45) is 0.568. The van der Waals surface area contributed by atoms with Gasteiger partial charge < -0.3 is 42.3 Å². The lowest BCUT2D eigenvalue weighted by molar-refractivity contribution is -0.149. The number of phenols is 2. The molecule has 4 unspecified atom stereocenters. The number of carboxylic acid groups (broad SMARTS) is 1. The van der Waals surface area contributed by atoms with Gasteiger partial charge in [-0.1, -0.05) is 24.3 Å². The number of amides is 4. The van der Waals surface area contributed by atoms with Gasteiger partial charge >= 0.3 is 5.97 Å². The zero-order valence-electron chi connectivity index (χ0n) is 22.4. The maximum atomic E-state index is 13.6. The van der Waals surface area contributed by atoms with E-state index >= 15 is 0 Å². The third-order valence-electron chi connectivity index (χ3n) is 6.86. The van der Waals surface area contributed by atoms with Gasteiger partial charge in [0.25, 0.3) is 0 Å². The number of benzene rings is 2. The lowest BCUT2D eigenvalue weighted by Gasteiger charge is -2.29. The Kier molecular flexibility index (Phi) is 10.6. The number of nitrogens with two attached hydrogens (primary N) is 2. The van der Waals surface area contributed by atoms with Crippen molar-refractivity contribution >= 4 is 29.6 Å². The van der Waals surface area contributed by atoms with Crippen molar-refractivity contribution < 1.29 is 39.3 Å². The predicted molar refractivity (Wildman–Crippen MR) is 146 cm³/mol. The molecule has 4 amide bonds. The summed E-state index contributed by atoms with van der Waals surface area (Å²) in [5.41, 5.74) is 12.2. The van der Waals surface area contributed by atoms with Crippen LogP contribution in [0.4, 0.5) is 0 Å². The lowest BCUT2D eigenvalue weighted by atomic mass is 10.0. The van der Waals surface area contributed by atoms with Crippen molar-refractivity contribution in [2.45, 2.75) is 62.7 Å². The number of nitrogens with one attached hydrogen (secondary N) is 2. The van der Waals surface area contributed by atoms with Crippen molar-refractivity contribution in [1.82, 2.24) is 15.5 Å². The van der Waals surface area contributed by atoms with Crippen LogP contribution in [0.15, 0.2) is 48.5 Å². The number of carbonyl (C=O) groups is 5. The summed E-state index contributed by atoms with van der Waals surface area (Å²) < 4.78 is 0. The van der Waals surface area contributed by atoms with Crippen LogP contribution in [0.25, 0.3) is 0 Å². The number of carboxylic acids is 1. The summed E-state index contributed by atoms with van der Waals surface area (Å²) in [5.74, 6) is -3.80. The Hall–Kier alpha value is -4.65. The Labute approximate surface area is 236 Å². The summed E-state index contributed by atoms with van der Waals surface area (Å²) in [6.45, 7) is 0.208. The molecule has 0 aliphatic carbocycles. The summed E-state index contributed by atoms with van der Waals surface area (Å²) >= 11 is 0. The van der Waals surface area contributed by atoms with Crippen LogP contribution >= 0.6 is 0 Å². The topological polar surface area (TPSA) is 225 Å². The third kappa shape index (κ3) is 8.93. The van der Waals surface area contributed by atoms with Crippen LogP contribution in [0.3, 0.4) is 0 Å². The predicted octanol–water partition coefficient (Wildman–Crippen LogP) is -0.479. The fourth-order valence-electron chi connectivity index (χ4n) is 4.61. The second-order valence-corrected chi connectivity index (χ2v) is 10.0. The first-order chi connectivity index (χ1) is 19.4. The Morgan fingerprint density at radius 1 is 0.854 bits per heavy atom. The van der Waals surface area contributed by atoms with Gasteiger partial charge in [0.05, 0.1) is 6.04 Å². The van der Waals surface area contributed by atoms with Crippen molar-refractivity contribution in [2.75, 3.05) is 6.54 Å². The van der Waals surface area contributed by atoms with Crippen molar-refractivity contribution in [3.63, 3.8) is 0 Å². The number of phenolic OH excluding ortho intramolecular Hbond substituents is 2. The molecular weight excluding hydrogens is 534 g/mol. The van der Waals surface area contributed by atoms with Crippen LogP contribution in [-0.2, 0) is 36.8 Å². The molecule has 3 rings (SSSR count). The van der Waals surface area contributed by atoms with Crippen LogP contribution in [0.2, 0.25) is 0 Å². The van der Waals surface area contributed by atoms with Gasteiger partial charge in [0.15, 0.2) is 0 Å². The van der Waals surface area contributed by atoms with E-state index < -0.39 is 53.8 Å². The minimum absolute atomic E-state index is 0.00502. The zero-order chi connectivity index (χ0) is 30.1. The molecule has 0 spiro atoms. The number of rotatable bonds is 13. The molecule has 0 radical (unpaired) electrons. The number of carbonyl (C=O) groups excluding carboxylic acids is 4. The molecule has 0 bridgehead atoms. The van der Waals surface area contributed by atoms with Gasteiger partial charge in [-0.2, -0.15) is 0 Å². The molecule has 1 aliphatic heterocycles. The highest BCUT2D eigenvalue weighted by molar-refractivity contribution is 5.94. The van der Waals surface area contributed by atoms with Gasteiger partial charge in [-0.05, 0) is 54.7 Å². The summed E-state index contributed by atoms with van der Waals surface area (Å²) in [7, 11) is 0. The first-order valence-electron chi connectivity index (χ1n) is 13.2. The standard InChI is InChI=1S/C28H35N5O8/c29-20(11-12-24(30)36)25(37)31-21(14-16-3-7-18(34)8-4-16)26(38)32-22(15-17-5-9-19(35)10-6-17)27(39)33-13-1-2-23(33)28(40)41/h3-10,20-23,34-35H,1-2,11-15,29H2,(H2,30,36)(H,31,37)(H,32,38)(H,40,41). The number of aromatic hydroxyl groups is 2. The third-order valence-corrected chi connectivity index (χ3v) is 6.86. The molecule has 0 aromatic heterocycles. The van der Waals surface area contributed by atoms with E-state index in [1.165, 1.54) is 29.2 Å². The van der Waals surface area contributed by atoms with E-state index in [1.54, 1.807) is 24.3 Å². The van der Waals surface area contributed by atoms with Gasteiger partial charge in [0.2, 0.25) is 23.6 Å². The van der Waals surface area contributed by atoms with Crippen molar-refractivity contribution in [1.29, 1.82) is 0 Å². The van der Waals surface area contributed by atoms with Gasteiger partial charge in [-0.25, -0.2) is 4.79 Å². The van der Waals surface area contributed by atoms with E-state index in [0.717, 1.165) is 0 Å². The molecule has 9 N–H and O–H groups in total. The van der Waals surface area contributed by atoms with Crippen LogP contribution in [0, 0.1) is 0 Å². The smallest absolute Gasteiger partial charge is 0.326 e. The fourth-order valence-corrected chi connectivity index (χ4v) is 4.61. The fraction of sp³-hybridized carbons (Fsp3) is 0.393. The molecule has 41 heavy (non-hydrogen) atoms. The van der Waals surface area contributed by atoms with Gasteiger partial charge in [-0.3, -0.25) is 19.2 Å². The van der Waals surface area contributed by atoms with E-state index in [0.29, 0.717) is 17.5 Å². The molecule has 13 heteroatoms. The Balaban J connectivity index is 1.86. The highest BCUT2D eigenvalue weighted by Crippen LogP contribution is 2.21. The average Bonchev–Trinajstić information content (AvgIpc) is 3.43. The molecule has 1 saturated heterocycles. The number of hydrogen-bond acceptors (Lipinski definition) is 8. The molecule has 1 fully saturated rings. The first-order valence-corrected chi connectivity index (χ1v) is 13.2. The maximum absolute atomic E-state index is 13.6. The minimum Gasteiger partial charge on any atom is -0.508 e. The molecule has 2 aromatic rings. The normalized spacial score (nSPS) is 16.8. The molecule has 1 aliphatic rings. The van der Waals surface area contributed by atoms with E-state index in [1.807, 2.05) is 0 Å². The number of likely N-dealkylation sites (tertiary alicyclic amines) is 1.